The van der Waals surface area contributed by atoms with E-state index in [2.05, 4.69) is 5.32 Å². The first-order valence-corrected chi connectivity index (χ1v) is 9.63. The molecular formula is C20H25FN2O3. The fraction of sp³-hybridized carbons (Fsp3) is 0.600. The van der Waals surface area contributed by atoms with Gasteiger partial charge in [0.15, 0.2) is 0 Å². The predicted molar refractivity (Wildman–Crippen MR) is 94.0 cm³/mol. The third kappa shape index (κ3) is 3.69. The molecule has 1 saturated heterocycles. The Bertz CT molecular complexity index is 704. The first kappa shape index (κ1) is 17.3. The second-order valence-corrected chi connectivity index (χ2v) is 7.63. The van der Waals surface area contributed by atoms with Crippen LogP contribution < -0.4 is 10.1 Å². The Labute approximate surface area is 152 Å². The van der Waals surface area contributed by atoms with Gasteiger partial charge in [-0.15, -0.1) is 0 Å². The van der Waals surface area contributed by atoms with Gasteiger partial charge >= 0.3 is 0 Å². The van der Waals surface area contributed by atoms with Crippen molar-refractivity contribution >= 4 is 11.8 Å². The topological polar surface area (TPSA) is 58.6 Å². The Balaban J connectivity index is 1.43. The van der Waals surface area contributed by atoms with Crippen LogP contribution in [0.3, 0.4) is 0 Å². The molecule has 0 unspecified atom stereocenters. The van der Waals surface area contributed by atoms with E-state index >= 15 is 0 Å². The lowest BCUT2D eigenvalue weighted by Crippen LogP contribution is -2.46. The minimum atomic E-state index is -0.336. The first-order chi connectivity index (χ1) is 12.6. The standard InChI is InChI=1S/C20H25FN2O3/c21-15-7-8-16-17(4-2-10-26-18(16)11-15)22-19(24)14-3-1-9-23(12-14)20(25)13-5-6-13/h7-8,11,13-14,17H,1-6,9-10,12H2,(H,22,24)/t14-,17+/m0/s1. The molecule has 2 amide bonds. The summed E-state index contributed by atoms with van der Waals surface area (Å²) in [7, 11) is 0. The highest BCUT2D eigenvalue weighted by atomic mass is 19.1. The second-order valence-electron chi connectivity index (χ2n) is 7.63. The van der Waals surface area contributed by atoms with Crippen LogP contribution in [0.25, 0.3) is 0 Å². The molecule has 0 radical (unpaired) electrons. The number of hydrogen-bond donors (Lipinski definition) is 1. The van der Waals surface area contributed by atoms with Crippen molar-refractivity contribution in [3.05, 3.63) is 29.6 Å². The van der Waals surface area contributed by atoms with E-state index in [9.17, 15) is 14.0 Å². The van der Waals surface area contributed by atoms with E-state index in [0.717, 1.165) is 50.6 Å². The summed E-state index contributed by atoms with van der Waals surface area (Å²) < 4.78 is 19.1. The van der Waals surface area contributed by atoms with E-state index in [4.69, 9.17) is 4.74 Å². The monoisotopic (exact) mass is 360 g/mol. The maximum atomic E-state index is 13.5. The molecule has 5 nitrogen and oxygen atoms in total. The van der Waals surface area contributed by atoms with Crippen molar-refractivity contribution in [2.45, 2.75) is 44.6 Å². The van der Waals surface area contributed by atoms with E-state index in [1.807, 2.05) is 4.90 Å². The average molecular weight is 360 g/mol. The molecule has 2 heterocycles. The minimum absolute atomic E-state index is 0.0135. The molecule has 1 aliphatic carbocycles. The summed E-state index contributed by atoms with van der Waals surface area (Å²) in [6, 6.07) is 4.32. The summed E-state index contributed by atoms with van der Waals surface area (Å²) in [5, 5.41) is 3.13. The molecule has 2 fully saturated rings. The van der Waals surface area contributed by atoms with Crippen molar-refractivity contribution in [1.82, 2.24) is 10.2 Å². The zero-order chi connectivity index (χ0) is 18.1. The van der Waals surface area contributed by atoms with Gasteiger partial charge in [-0.05, 0) is 44.6 Å². The van der Waals surface area contributed by atoms with Gasteiger partial charge in [-0.2, -0.15) is 0 Å². The Hall–Kier alpha value is -2.11. The lowest BCUT2D eigenvalue weighted by molar-refractivity contribution is -0.137. The van der Waals surface area contributed by atoms with Crippen LogP contribution >= 0.6 is 0 Å². The molecule has 1 aromatic carbocycles. The summed E-state index contributed by atoms with van der Waals surface area (Å²) >= 11 is 0. The zero-order valence-corrected chi connectivity index (χ0v) is 14.9. The van der Waals surface area contributed by atoms with Crippen LogP contribution in [0.1, 0.15) is 50.1 Å². The average Bonchev–Trinajstić information content (AvgIpc) is 3.49. The summed E-state index contributed by atoms with van der Waals surface area (Å²) in [4.78, 5) is 27.0. The molecule has 26 heavy (non-hydrogen) atoms. The van der Waals surface area contributed by atoms with Gasteiger partial charge in [-0.3, -0.25) is 9.59 Å². The molecule has 1 aromatic rings. The first-order valence-electron chi connectivity index (χ1n) is 9.63. The maximum Gasteiger partial charge on any atom is 0.225 e. The number of piperidine rings is 1. The van der Waals surface area contributed by atoms with Crippen molar-refractivity contribution < 1.29 is 18.7 Å². The minimum Gasteiger partial charge on any atom is -0.493 e. The number of hydrogen-bond acceptors (Lipinski definition) is 3. The Morgan fingerprint density at radius 3 is 2.77 bits per heavy atom. The fourth-order valence-electron chi connectivity index (χ4n) is 3.97. The zero-order valence-electron chi connectivity index (χ0n) is 14.9. The van der Waals surface area contributed by atoms with Crippen LogP contribution in [0.5, 0.6) is 5.75 Å². The highest BCUT2D eigenvalue weighted by Crippen LogP contribution is 2.34. The van der Waals surface area contributed by atoms with Crippen LogP contribution in [0.15, 0.2) is 18.2 Å². The van der Waals surface area contributed by atoms with Crippen LogP contribution in [-0.4, -0.2) is 36.4 Å². The largest absolute Gasteiger partial charge is 0.493 e. The molecule has 4 rings (SSSR count). The quantitative estimate of drug-likeness (QED) is 0.902. The molecule has 2 aliphatic heterocycles. The SMILES string of the molecule is O=C(N[C@@H]1CCCOc2cc(F)ccc21)[C@H]1CCCN(C(=O)C2CC2)C1. The number of benzene rings is 1. The molecule has 0 spiro atoms. The van der Waals surface area contributed by atoms with Crippen LogP contribution in [0, 0.1) is 17.7 Å². The van der Waals surface area contributed by atoms with E-state index < -0.39 is 0 Å². The van der Waals surface area contributed by atoms with Gasteiger partial charge in [-0.1, -0.05) is 6.07 Å². The van der Waals surface area contributed by atoms with Crippen molar-refractivity contribution in [2.24, 2.45) is 11.8 Å². The van der Waals surface area contributed by atoms with E-state index in [1.54, 1.807) is 6.07 Å². The van der Waals surface area contributed by atoms with Gasteiger partial charge in [0.25, 0.3) is 0 Å². The summed E-state index contributed by atoms with van der Waals surface area (Å²) in [6.07, 6.45) is 5.22. The summed E-state index contributed by atoms with van der Waals surface area (Å²) in [5.74, 6) is 0.406. The maximum absolute atomic E-state index is 13.5. The number of carbonyl (C=O) groups is 2. The van der Waals surface area contributed by atoms with Crippen molar-refractivity contribution in [3.8, 4) is 5.75 Å². The van der Waals surface area contributed by atoms with Crippen molar-refractivity contribution in [2.75, 3.05) is 19.7 Å². The predicted octanol–water partition coefficient (Wildman–Crippen LogP) is 2.80. The van der Waals surface area contributed by atoms with Gasteiger partial charge in [0.2, 0.25) is 11.8 Å². The molecule has 2 atom stereocenters. The van der Waals surface area contributed by atoms with E-state index in [-0.39, 0.29) is 35.5 Å². The molecule has 0 bridgehead atoms. The van der Waals surface area contributed by atoms with Gasteiger partial charge in [0.1, 0.15) is 11.6 Å². The molecule has 3 aliphatic rings. The third-order valence-electron chi connectivity index (χ3n) is 5.59. The number of ether oxygens (including phenoxy) is 1. The molecular weight excluding hydrogens is 335 g/mol. The second kappa shape index (κ2) is 7.25. The van der Waals surface area contributed by atoms with E-state index in [0.29, 0.717) is 18.9 Å². The van der Waals surface area contributed by atoms with Gasteiger partial charge in [0, 0.05) is 30.6 Å². The molecule has 6 heteroatoms. The molecule has 1 N–H and O–H groups in total. The summed E-state index contributed by atoms with van der Waals surface area (Å²) in [5.41, 5.74) is 0.832. The number of likely N-dealkylation sites (tertiary alicyclic amines) is 1. The Morgan fingerprint density at radius 2 is 1.96 bits per heavy atom. The highest BCUT2D eigenvalue weighted by Gasteiger charge is 2.37. The number of nitrogens with zero attached hydrogens (tertiary/aromatic N) is 1. The number of amides is 2. The van der Waals surface area contributed by atoms with Crippen LogP contribution in [-0.2, 0) is 9.59 Å². The number of fused-ring (bicyclic) bond motifs is 1. The normalized spacial score (nSPS) is 25.7. The molecule has 0 aromatic heterocycles. The smallest absolute Gasteiger partial charge is 0.225 e. The van der Waals surface area contributed by atoms with Crippen molar-refractivity contribution in [3.63, 3.8) is 0 Å². The lowest BCUT2D eigenvalue weighted by Gasteiger charge is -2.33. The van der Waals surface area contributed by atoms with Crippen molar-refractivity contribution in [1.29, 1.82) is 0 Å². The Morgan fingerprint density at radius 1 is 1.12 bits per heavy atom. The number of carbonyl (C=O) groups excluding carboxylic acids is 2. The van der Waals surface area contributed by atoms with Gasteiger partial charge < -0.3 is 15.0 Å². The van der Waals surface area contributed by atoms with Crippen LogP contribution in [0.4, 0.5) is 4.39 Å². The fourth-order valence-corrected chi connectivity index (χ4v) is 3.97. The number of halogens is 1. The number of nitrogens with one attached hydrogen (secondary N) is 1. The van der Waals surface area contributed by atoms with Crippen LogP contribution in [0.2, 0.25) is 0 Å². The lowest BCUT2D eigenvalue weighted by atomic mass is 9.95. The van der Waals surface area contributed by atoms with Gasteiger partial charge in [-0.25, -0.2) is 4.39 Å². The molecule has 140 valence electrons. The highest BCUT2D eigenvalue weighted by molar-refractivity contribution is 5.83. The summed E-state index contributed by atoms with van der Waals surface area (Å²) in [6.45, 7) is 1.80. The van der Waals surface area contributed by atoms with E-state index in [1.165, 1.54) is 12.1 Å². The third-order valence-corrected chi connectivity index (χ3v) is 5.59. The Kier molecular flexibility index (Phi) is 4.83. The number of rotatable bonds is 3. The van der Waals surface area contributed by atoms with Gasteiger partial charge in [0.05, 0.1) is 18.6 Å². The molecule has 1 saturated carbocycles.